The maximum Gasteiger partial charge on any atom is 0.255 e. The number of nitrogens with zero attached hydrogens (tertiary/aromatic N) is 1. The predicted molar refractivity (Wildman–Crippen MR) is 112 cm³/mol. The summed E-state index contributed by atoms with van der Waals surface area (Å²) in [6.07, 6.45) is 0. The maximum atomic E-state index is 13.0. The number of aromatic nitrogens is 1. The van der Waals surface area contributed by atoms with Crippen LogP contribution in [0.25, 0.3) is 10.9 Å². The molecule has 4 nitrogen and oxygen atoms in total. The molecule has 1 aromatic heterocycles. The molecular formula is C22H25ClN2O2. The Labute approximate surface area is 164 Å². The summed E-state index contributed by atoms with van der Waals surface area (Å²) in [5.41, 5.74) is 1.58. The van der Waals surface area contributed by atoms with Crippen LogP contribution in [-0.4, -0.2) is 17.7 Å². The van der Waals surface area contributed by atoms with E-state index in [1.165, 1.54) is 0 Å². The van der Waals surface area contributed by atoms with Crippen molar-refractivity contribution >= 4 is 22.5 Å². The van der Waals surface area contributed by atoms with Crippen molar-refractivity contribution in [1.29, 1.82) is 0 Å². The van der Waals surface area contributed by atoms with Crippen LogP contribution in [0.15, 0.2) is 59.4 Å². The summed E-state index contributed by atoms with van der Waals surface area (Å²) >= 11 is 6.17. The Morgan fingerprint density at radius 1 is 1.11 bits per heavy atom. The van der Waals surface area contributed by atoms with Crippen LogP contribution in [0.4, 0.5) is 0 Å². The highest BCUT2D eigenvalue weighted by molar-refractivity contribution is 6.31. The molecule has 1 heterocycles. The minimum atomic E-state index is -0.00214. The molecule has 3 rings (SSSR count). The van der Waals surface area contributed by atoms with Crippen LogP contribution < -0.4 is 15.6 Å². The predicted octanol–water partition coefficient (Wildman–Crippen LogP) is 4.48. The zero-order chi connectivity index (χ0) is 19.2. The van der Waals surface area contributed by atoms with Crippen LogP contribution >= 0.6 is 11.6 Å². The standard InChI is InChI=1S/C22H25ClN2O2/c1-16(2)14-24-15-18-12-17-8-9-19(23)13-21(17)25(22(18)26)10-11-27-20-6-4-3-5-7-20/h3-9,12-13,16,24H,10-11,14-15H2,1-2H3. The molecule has 3 aromatic rings. The maximum absolute atomic E-state index is 13.0. The zero-order valence-corrected chi connectivity index (χ0v) is 16.5. The molecule has 0 spiro atoms. The highest BCUT2D eigenvalue weighted by atomic mass is 35.5. The fourth-order valence-electron chi connectivity index (χ4n) is 3.02. The number of hydrogen-bond donors (Lipinski definition) is 1. The molecule has 0 atom stereocenters. The van der Waals surface area contributed by atoms with Gasteiger partial charge in [-0.2, -0.15) is 0 Å². The molecule has 0 aliphatic heterocycles. The Balaban J connectivity index is 1.86. The number of benzene rings is 2. The number of nitrogens with one attached hydrogen (secondary N) is 1. The van der Waals surface area contributed by atoms with Crippen molar-refractivity contribution in [2.45, 2.75) is 26.9 Å². The number of fused-ring (bicyclic) bond motifs is 1. The minimum absolute atomic E-state index is 0.00214. The first-order valence-electron chi connectivity index (χ1n) is 9.25. The van der Waals surface area contributed by atoms with Crippen molar-refractivity contribution < 1.29 is 4.74 Å². The van der Waals surface area contributed by atoms with Crippen molar-refractivity contribution in [3.8, 4) is 5.75 Å². The second-order valence-electron chi connectivity index (χ2n) is 7.02. The van der Waals surface area contributed by atoms with Gasteiger partial charge in [0.2, 0.25) is 0 Å². The van der Waals surface area contributed by atoms with E-state index < -0.39 is 0 Å². The lowest BCUT2D eigenvalue weighted by atomic mass is 10.1. The molecule has 0 radical (unpaired) electrons. The van der Waals surface area contributed by atoms with E-state index in [-0.39, 0.29) is 5.56 Å². The van der Waals surface area contributed by atoms with E-state index in [1.54, 1.807) is 4.57 Å². The number of pyridine rings is 1. The quantitative estimate of drug-likeness (QED) is 0.622. The lowest BCUT2D eigenvalue weighted by molar-refractivity contribution is 0.298. The summed E-state index contributed by atoms with van der Waals surface area (Å²) in [4.78, 5) is 13.0. The van der Waals surface area contributed by atoms with Crippen molar-refractivity contribution in [3.05, 3.63) is 75.5 Å². The highest BCUT2D eigenvalue weighted by Crippen LogP contribution is 2.19. The van der Waals surface area contributed by atoms with Crippen LogP contribution in [0.2, 0.25) is 5.02 Å². The lowest BCUT2D eigenvalue weighted by Gasteiger charge is -2.15. The van der Waals surface area contributed by atoms with Gasteiger partial charge in [0, 0.05) is 17.1 Å². The van der Waals surface area contributed by atoms with Gasteiger partial charge in [-0.1, -0.05) is 49.7 Å². The Morgan fingerprint density at radius 3 is 2.63 bits per heavy atom. The van der Waals surface area contributed by atoms with Gasteiger partial charge < -0.3 is 14.6 Å². The van der Waals surface area contributed by atoms with Gasteiger partial charge in [-0.3, -0.25) is 4.79 Å². The molecule has 0 unspecified atom stereocenters. The molecule has 27 heavy (non-hydrogen) atoms. The van der Waals surface area contributed by atoms with E-state index in [9.17, 15) is 4.79 Å². The Kier molecular flexibility index (Phi) is 6.54. The third-order valence-corrected chi connectivity index (χ3v) is 4.56. The molecule has 0 fully saturated rings. The van der Waals surface area contributed by atoms with Crippen LogP contribution in [0.5, 0.6) is 5.75 Å². The number of rotatable bonds is 8. The first kappa shape index (κ1) is 19.5. The summed E-state index contributed by atoms with van der Waals surface area (Å²) in [6.45, 7) is 6.59. The summed E-state index contributed by atoms with van der Waals surface area (Å²) in [6, 6.07) is 17.2. The van der Waals surface area contributed by atoms with Crippen LogP contribution in [0, 0.1) is 5.92 Å². The Morgan fingerprint density at radius 2 is 1.89 bits per heavy atom. The van der Waals surface area contributed by atoms with Gasteiger partial charge in [-0.05, 0) is 48.2 Å². The number of para-hydroxylation sites is 1. The van der Waals surface area contributed by atoms with Gasteiger partial charge in [0.25, 0.3) is 5.56 Å². The first-order valence-corrected chi connectivity index (χ1v) is 9.63. The second kappa shape index (κ2) is 9.07. The van der Waals surface area contributed by atoms with Gasteiger partial charge in [0.15, 0.2) is 0 Å². The van der Waals surface area contributed by atoms with E-state index in [0.717, 1.165) is 28.8 Å². The minimum Gasteiger partial charge on any atom is -0.492 e. The Hall–Kier alpha value is -2.30. The summed E-state index contributed by atoms with van der Waals surface area (Å²) in [5, 5.41) is 4.97. The fraction of sp³-hybridized carbons (Fsp3) is 0.318. The third-order valence-electron chi connectivity index (χ3n) is 4.33. The molecule has 0 saturated heterocycles. The van der Waals surface area contributed by atoms with Gasteiger partial charge in [0.1, 0.15) is 12.4 Å². The van der Waals surface area contributed by atoms with E-state index in [0.29, 0.717) is 30.6 Å². The largest absolute Gasteiger partial charge is 0.492 e. The van der Waals surface area contributed by atoms with Gasteiger partial charge in [-0.25, -0.2) is 0 Å². The van der Waals surface area contributed by atoms with Gasteiger partial charge >= 0.3 is 0 Å². The molecule has 0 aliphatic rings. The van der Waals surface area contributed by atoms with Crippen LogP contribution in [0.1, 0.15) is 19.4 Å². The number of ether oxygens (including phenoxy) is 1. The van der Waals surface area contributed by atoms with Crippen molar-refractivity contribution in [1.82, 2.24) is 9.88 Å². The van der Waals surface area contributed by atoms with Crippen molar-refractivity contribution in [3.63, 3.8) is 0 Å². The van der Waals surface area contributed by atoms with Gasteiger partial charge in [-0.15, -0.1) is 0 Å². The van der Waals surface area contributed by atoms with E-state index in [4.69, 9.17) is 16.3 Å². The zero-order valence-electron chi connectivity index (χ0n) is 15.7. The van der Waals surface area contributed by atoms with Gasteiger partial charge in [0.05, 0.1) is 12.1 Å². The van der Waals surface area contributed by atoms with Crippen molar-refractivity contribution in [2.75, 3.05) is 13.2 Å². The normalized spacial score (nSPS) is 11.3. The molecular weight excluding hydrogens is 360 g/mol. The van der Waals surface area contributed by atoms with Crippen LogP contribution in [-0.2, 0) is 13.1 Å². The third kappa shape index (κ3) is 5.12. The second-order valence-corrected chi connectivity index (χ2v) is 7.45. The molecule has 0 amide bonds. The molecule has 0 bridgehead atoms. The summed E-state index contributed by atoms with van der Waals surface area (Å²) in [5.74, 6) is 1.33. The van der Waals surface area contributed by atoms with E-state index in [1.807, 2.05) is 54.6 Å². The molecule has 2 aromatic carbocycles. The summed E-state index contributed by atoms with van der Waals surface area (Å²) in [7, 11) is 0. The van der Waals surface area contributed by atoms with Crippen molar-refractivity contribution in [2.24, 2.45) is 5.92 Å². The number of halogens is 1. The SMILES string of the molecule is CC(C)CNCc1cc2ccc(Cl)cc2n(CCOc2ccccc2)c1=O. The van der Waals surface area contributed by atoms with Crippen LogP contribution in [0.3, 0.4) is 0 Å². The van der Waals surface area contributed by atoms with E-state index >= 15 is 0 Å². The lowest BCUT2D eigenvalue weighted by Crippen LogP contribution is -2.30. The van der Waals surface area contributed by atoms with E-state index in [2.05, 4.69) is 19.2 Å². The molecule has 5 heteroatoms. The topological polar surface area (TPSA) is 43.3 Å². The summed E-state index contributed by atoms with van der Waals surface area (Å²) < 4.78 is 7.55. The molecule has 0 aliphatic carbocycles. The Bertz CT molecular complexity index is 952. The highest BCUT2D eigenvalue weighted by Gasteiger charge is 2.10. The molecule has 1 N–H and O–H groups in total. The molecule has 142 valence electrons. The smallest absolute Gasteiger partial charge is 0.255 e. The number of hydrogen-bond acceptors (Lipinski definition) is 3. The molecule has 0 saturated carbocycles. The average Bonchev–Trinajstić information content (AvgIpc) is 2.65. The first-order chi connectivity index (χ1) is 13.0. The monoisotopic (exact) mass is 384 g/mol. The average molecular weight is 385 g/mol. The fourth-order valence-corrected chi connectivity index (χ4v) is 3.19.